The first-order valence-corrected chi connectivity index (χ1v) is 6.75. The monoisotopic (exact) mass is 292 g/mol. The van der Waals surface area contributed by atoms with E-state index in [1.54, 1.807) is 31.0 Å². The van der Waals surface area contributed by atoms with Crippen molar-refractivity contribution in [2.45, 2.75) is 18.8 Å². The number of nitrogens with zero attached hydrogens (tertiary/aromatic N) is 3. The molecule has 1 unspecified atom stereocenters. The second-order valence-corrected chi connectivity index (χ2v) is 4.83. The first-order valence-electron chi connectivity index (χ1n) is 6.75. The minimum absolute atomic E-state index is 0.0436. The summed E-state index contributed by atoms with van der Waals surface area (Å²) in [5, 5.41) is 7.71. The number of benzene rings is 1. The van der Waals surface area contributed by atoms with Crippen LogP contribution in [0.15, 0.2) is 24.3 Å². The molecule has 0 saturated carbocycles. The average Bonchev–Trinajstić information content (AvgIpc) is 2.94. The molecule has 1 aliphatic heterocycles. The number of rotatable bonds is 4. The number of hydrogen-bond donors (Lipinski definition) is 1. The van der Waals surface area contributed by atoms with Crippen molar-refractivity contribution >= 4 is 5.95 Å². The van der Waals surface area contributed by atoms with Crippen molar-refractivity contribution in [3.8, 4) is 11.4 Å². The molecule has 0 fully saturated rings. The van der Waals surface area contributed by atoms with Crippen LogP contribution in [0.25, 0.3) is 11.4 Å². The summed E-state index contributed by atoms with van der Waals surface area (Å²) in [7, 11) is 3.21. The number of ether oxygens (including phenoxy) is 2. The number of methoxy groups -OCH3 is 2. The summed E-state index contributed by atoms with van der Waals surface area (Å²) in [6, 6.07) is 6.07. The van der Waals surface area contributed by atoms with Gasteiger partial charge in [0.25, 0.3) is 0 Å². The summed E-state index contributed by atoms with van der Waals surface area (Å²) < 4.78 is 25.5. The molecule has 1 aliphatic rings. The van der Waals surface area contributed by atoms with E-state index in [4.69, 9.17) is 9.47 Å². The molecule has 2 aromatic rings. The quantitative estimate of drug-likeness (QED) is 0.874. The molecule has 0 bridgehead atoms. The van der Waals surface area contributed by atoms with Crippen LogP contribution >= 0.6 is 0 Å². The third kappa shape index (κ3) is 2.62. The van der Waals surface area contributed by atoms with Crippen LogP contribution in [0.1, 0.15) is 12.5 Å². The van der Waals surface area contributed by atoms with Gasteiger partial charge in [0, 0.05) is 26.3 Å². The van der Waals surface area contributed by atoms with Crippen LogP contribution in [0.4, 0.5) is 10.3 Å². The summed E-state index contributed by atoms with van der Waals surface area (Å²) in [5.41, 5.74) is 0.769. The Kier molecular flexibility index (Phi) is 3.85. The predicted molar refractivity (Wildman–Crippen MR) is 75.4 cm³/mol. The van der Waals surface area contributed by atoms with Crippen molar-refractivity contribution in [3.63, 3.8) is 0 Å². The van der Waals surface area contributed by atoms with Gasteiger partial charge in [0.15, 0.2) is 12.1 Å². The van der Waals surface area contributed by atoms with Gasteiger partial charge >= 0.3 is 0 Å². The molecular formula is C14H17FN4O2. The topological polar surface area (TPSA) is 61.2 Å². The molecule has 0 amide bonds. The van der Waals surface area contributed by atoms with E-state index in [-0.39, 0.29) is 18.1 Å². The molecule has 0 aliphatic carbocycles. The van der Waals surface area contributed by atoms with E-state index in [9.17, 15) is 4.39 Å². The Balaban J connectivity index is 1.95. The smallest absolute Gasteiger partial charge is 0.222 e. The Hall–Kier alpha value is -1.99. The molecule has 1 aromatic carbocycles. The first kappa shape index (κ1) is 14.0. The standard InChI is InChI=1S/C14H17FN4O2/c1-20-13(21-2)11-7-8-16-14-17-12(18-19(11)14)9-3-5-10(15)6-4-9/h3-6,11,13H,7-8H2,1-2H3,(H,16,17,18). The largest absolute Gasteiger partial charge is 0.354 e. The summed E-state index contributed by atoms with van der Waals surface area (Å²) in [6.45, 7) is 0.773. The highest BCUT2D eigenvalue weighted by atomic mass is 19.1. The van der Waals surface area contributed by atoms with E-state index < -0.39 is 0 Å². The molecule has 0 saturated heterocycles. The van der Waals surface area contributed by atoms with Gasteiger partial charge in [-0.3, -0.25) is 0 Å². The van der Waals surface area contributed by atoms with E-state index >= 15 is 0 Å². The highest BCUT2D eigenvalue weighted by Gasteiger charge is 2.30. The number of anilines is 1. The first-order chi connectivity index (χ1) is 10.2. The van der Waals surface area contributed by atoms with E-state index in [0.717, 1.165) is 18.5 Å². The maximum atomic E-state index is 13.0. The molecule has 3 rings (SSSR count). The zero-order valence-electron chi connectivity index (χ0n) is 11.9. The highest BCUT2D eigenvalue weighted by molar-refractivity contribution is 5.56. The molecule has 0 spiro atoms. The van der Waals surface area contributed by atoms with E-state index in [1.165, 1.54) is 12.1 Å². The van der Waals surface area contributed by atoms with Crippen molar-refractivity contribution in [1.82, 2.24) is 14.8 Å². The third-order valence-corrected chi connectivity index (χ3v) is 3.55. The minimum Gasteiger partial charge on any atom is -0.354 e. The Morgan fingerprint density at radius 1 is 1.29 bits per heavy atom. The van der Waals surface area contributed by atoms with Crippen LogP contribution in [-0.2, 0) is 9.47 Å². The van der Waals surface area contributed by atoms with Gasteiger partial charge in [0.05, 0.1) is 0 Å². The molecule has 6 nitrogen and oxygen atoms in total. The van der Waals surface area contributed by atoms with Crippen molar-refractivity contribution in [1.29, 1.82) is 0 Å². The van der Waals surface area contributed by atoms with Gasteiger partial charge in [-0.1, -0.05) is 0 Å². The molecule has 112 valence electrons. The lowest BCUT2D eigenvalue weighted by atomic mass is 10.2. The Labute approximate surface area is 121 Å². The fourth-order valence-corrected chi connectivity index (χ4v) is 2.51. The zero-order valence-corrected chi connectivity index (χ0v) is 11.9. The van der Waals surface area contributed by atoms with Gasteiger partial charge in [0.2, 0.25) is 5.95 Å². The van der Waals surface area contributed by atoms with E-state index in [1.807, 2.05) is 0 Å². The summed E-state index contributed by atoms with van der Waals surface area (Å²) >= 11 is 0. The molecule has 1 N–H and O–H groups in total. The third-order valence-electron chi connectivity index (χ3n) is 3.55. The lowest BCUT2D eigenvalue weighted by molar-refractivity contribution is -0.135. The lowest BCUT2D eigenvalue weighted by Gasteiger charge is -2.29. The molecule has 0 radical (unpaired) electrons. The van der Waals surface area contributed by atoms with Gasteiger partial charge in [-0.2, -0.15) is 4.98 Å². The number of aromatic nitrogens is 3. The number of hydrogen-bond acceptors (Lipinski definition) is 5. The Morgan fingerprint density at radius 3 is 2.67 bits per heavy atom. The molecular weight excluding hydrogens is 275 g/mol. The summed E-state index contributed by atoms with van der Waals surface area (Å²) in [4.78, 5) is 4.46. The predicted octanol–water partition coefficient (Wildman–Crippen LogP) is 2.06. The van der Waals surface area contributed by atoms with Crippen molar-refractivity contribution in [3.05, 3.63) is 30.1 Å². The van der Waals surface area contributed by atoms with Crippen LogP contribution in [-0.4, -0.2) is 41.8 Å². The fraction of sp³-hybridized carbons (Fsp3) is 0.429. The Bertz CT molecular complexity index is 610. The van der Waals surface area contributed by atoms with Crippen molar-refractivity contribution in [2.24, 2.45) is 0 Å². The summed E-state index contributed by atoms with van der Waals surface area (Å²) in [6.07, 6.45) is 0.444. The minimum atomic E-state index is -0.381. The number of fused-ring (bicyclic) bond motifs is 1. The molecule has 1 aromatic heterocycles. The van der Waals surface area contributed by atoms with Gasteiger partial charge in [-0.15, -0.1) is 5.10 Å². The molecule has 2 heterocycles. The van der Waals surface area contributed by atoms with Gasteiger partial charge in [-0.05, 0) is 30.7 Å². The van der Waals surface area contributed by atoms with E-state index in [0.29, 0.717) is 11.8 Å². The van der Waals surface area contributed by atoms with Crippen LogP contribution in [0, 0.1) is 5.82 Å². The summed E-state index contributed by atoms with van der Waals surface area (Å²) in [5.74, 6) is 0.942. The van der Waals surface area contributed by atoms with Crippen LogP contribution < -0.4 is 5.32 Å². The maximum Gasteiger partial charge on any atom is 0.222 e. The Morgan fingerprint density at radius 2 is 2.00 bits per heavy atom. The van der Waals surface area contributed by atoms with Crippen molar-refractivity contribution < 1.29 is 13.9 Å². The maximum absolute atomic E-state index is 13.0. The average molecular weight is 292 g/mol. The number of nitrogens with one attached hydrogen (secondary N) is 1. The molecule has 7 heteroatoms. The number of halogens is 1. The molecule has 21 heavy (non-hydrogen) atoms. The lowest BCUT2D eigenvalue weighted by Crippen LogP contribution is -2.34. The SMILES string of the molecule is COC(OC)C1CCNc2nc(-c3ccc(F)cc3)nn21. The van der Waals surface area contributed by atoms with Gasteiger partial charge < -0.3 is 14.8 Å². The fourth-order valence-electron chi connectivity index (χ4n) is 2.51. The second kappa shape index (κ2) is 5.79. The van der Waals surface area contributed by atoms with E-state index in [2.05, 4.69) is 15.4 Å². The highest BCUT2D eigenvalue weighted by Crippen LogP contribution is 2.29. The zero-order chi connectivity index (χ0) is 14.8. The van der Waals surface area contributed by atoms with Gasteiger partial charge in [0.1, 0.15) is 11.9 Å². The van der Waals surface area contributed by atoms with Crippen LogP contribution in [0.2, 0.25) is 0 Å². The van der Waals surface area contributed by atoms with Gasteiger partial charge in [-0.25, -0.2) is 9.07 Å². The normalized spacial score (nSPS) is 17.6. The van der Waals surface area contributed by atoms with Crippen LogP contribution in [0.3, 0.4) is 0 Å². The second-order valence-electron chi connectivity index (χ2n) is 4.83. The molecule has 1 atom stereocenters. The van der Waals surface area contributed by atoms with Crippen molar-refractivity contribution in [2.75, 3.05) is 26.1 Å². The van der Waals surface area contributed by atoms with Crippen LogP contribution in [0.5, 0.6) is 0 Å².